The summed E-state index contributed by atoms with van der Waals surface area (Å²) in [4.78, 5) is 12.0. The van der Waals surface area contributed by atoms with Crippen LogP contribution in [-0.2, 0) is 4.74 Å². The first kappa shape index (κ1) is 34.8. The van der Waals surface area contributed by atoms with E-state index in [2.05, 4.69) is 51.9 Å². The lowest BCUT2D eigenvalue weighted by atomic mass is 9.97. The van der Waals surface area contributed by atoms with Crippen molar-refractivity contribution >= 4 is 18.0 Å². The molecule has 0 aromatic rings. The minimum Gasteiger partial charge on any atom is -0.472 e. The molecular weight excluding hydrogens is 520 g/mol. The number of aliphatic imine (C=N–C) groups is 1. The number of ether oxygens (including phenoxy) is 1. The van der Waals surface area contributed by atoms with E-state index in [1.54, 1.807) is 6.21 Å². The average molecular weight is 579 g/mol. The summed E-state index contributed by atoms with van der Waals surface area (Å²) in [6, 6.07) is 0. The summed E-state index contributed by atoms with van der Waals surface area (Å²) < 4.78 is 6.03. The largest absolute Gasteiger partial charge is 0.472 e. The molecule has 5 N–H and O–H groups in total. The third-order valence-electron chi connectivity index (χ3n) is 8.04. The summed E-state index contributed by atoms with van der Waals surface area (Å²) in [7, 11) is 0. The number of nitrogens with zero attached hydrogens (tertiary/aromatic N) is 4. The van der Waals surface area contributed by atoms with Crippen LogP contribution in [0.1, 0.15) is 65.2 Å². The molecule has 8 nitrogen and oxygen atoms in total. The van der Waals surface area contributed by atoms with Crippen molar-refractivity contribution in [1.29, 1.82) is 0 Å². The van der Waals surface area contributed by atoms with Crippen LogP contribution in [0.15, 0.2) is 40.2 Å². The van der Waals surface area contributed by atoms with E-state index in [0.29, 0.717) is 31.4 Å². The zero-order chi connectivity index (χ0) is 29.0. The Morgan fingerprint density at radius 3 is 2.25 bits per heavy atom. The highest BCUT2D eigenvalue weighted by Crippen LogP contribution is 2.20. The SMILES string of the molecule is CCC(=CCC/C=C(\CC(N)OC(/C=N\CN1CCN(CCCSC)CC1)=C/N)CN1CCC(CO)CC1)CC. The average Bonchev–Trinajstić information content (AvgIpc) is 2.98. The van der Waals surface area contributed by atoms with Gasteiger partial charge in [0.15, 0.2) is 12.0 Å². The molecular formula is C31H58N6O2S. The van der Waals surface area contributed by atoms with E-state index in [4.69, 9.17) is 16.2 Å². The van der Waals surface area contributed by atoms with Crippen molar-refractivity contribution in [2.75, 3.05) is 77.6 Å². The van der Waals surface area contributed by atoms with E-state index < -0.39 is 6.23 Å². The van der Waals surface area contributed by atoms with Crippen LogP contribution < -0.4 is 11.5 Å². The lowest BCUT2D eigenvalue weighted by Gasteiger charge is -2.33. The van der Waals surface area contributed by atoms with Gasteiger partial charge in [0.05, 0.1) is 12.9 Å². The number of thioether (sulfide) groups is 1. The number of rotatable bonds is 19. The molecule has 0 aliphatic carbocycles. The van der Waals surface area contributed by atoms with Crippen molar-refractivity contribution in [2.45, 2.75) is 71.4 Å². The van der Waals surface area contributed by atoms with Gasteiger partial charge < -0.3 is 20.5 Å². The zero-order valence-electron chi connectivity index (χ0n) is 25.6. The molecule has 40 heavy (non-hydrogen) atoms. The normalized spacial score (nSPS) is 19.8. The van der Waals surface area contributed by atoms with E-state index in [1.807, 2.05) is 11.8 Å². The summed E-state index contributed by atoms with van der Waals surface area (Å²) in [5, 5.41) is 9.50. The van der Waals surface area contributed by atoms with Crippen molar-refractivity contribution in [2.24, 2.45) is 22.4 Å². The number of nitrogens with two attached hydrogens (primary N) is 2. The van der Waals surface area contributed by atoms with Gasteiger partial charge >= 0.3 is 0 Å². The Kier molecular flexibility index (Phi) is 18.6. The van der Waals surface area contributed by atoms with Gasteiger partial charge in [-0.15, -0.1) is 0 Å². The number of aliphatic hydroxyl groups excluding tert-OH is 1. The Morgan fingerprint density at radius 2 is 1.65 bits per heavy atom. The molecule has 2 rings (SSSR count). The van der Waals surface area contributed by atoms with E-state index in [-0.39, 0.29) is 0 Å². The highest BCUT2D eigenvalue weighted by molar-refractivity contribution is 7.98. The molecule has 230 valence electrons. The van der Waals surface area contributed by atoms with E-state index in [1.165, 1.54) is 36.1 Å². The van der Waals surface area contributed by atoms with Gasteiger partial charge in [-0.05, 0) is 82.5 Å². The summed E-state index contributed by atoms with van der Waals surface area (Å²) in [6.45, 7) is 13.8. The molecule has 2 saturated heterocycles. The molecule has 2 aliphatic heterocycles. The van der Waals surface area contributed by atoms with Crippen LogP contribution in [0, 0.1) is 5.92 Å². The van der Waals surface area contributed by atoms with Crippen LogP contribution >= 0.6 is 11.8 Å². The van der Waals surface area contributed by atoms with Gasteiger partial charge in [0.1, 0.15) is 0 Å². The first-order valence-electron chi connectivity index (χ1n) is 15.5. The van der Waals surface area contributed by atoms with Gasteiger partial charge in [-0.1, -0.05) is 37.1 Å². The molecule has 0 amide bonds. The van der Waals surface area contributed by atoms with Crippen molar-refractivity contribution in [3.63, 3.8) is 0 Å². The first-order valence-corrected chi connectivity index (χ1v) is 16.9. The Bertz CT molecular complexity index is 781. The molecule has 1 atom stereocenters. The summed E-state index contributed by atoms with van der Waals surface area (Å²) in [6.07, 6.45) is 17.9. The smallest absolute Gasteiger partial charge is 0.154 e. The van der Waals surface area contributed by atoms with E-state index in [0.717, 1.165) is 84.3 Å². The van der Waals surface area contributed by atoms with Gasteiger partial charge in [0.2, 0.25) is 0 Å². The molecule has 0 radical (unpaired) electrons. The van der Waals surface area contributed by atoms with Crippen LogP contribution in [0.5, 0.6) is 0 Å². The molecule has 0 spiro atoms. The van der Waals surface area contributed by atoms with Crippen molar-refractivity contribution in [3.05, 3.63) is 35.3 Å². The van der Waals surface area contributed by atoms with E-state index >= 15 is 0 Å². The van der Waals surface area contributed by atoms with Gasteiger partial charge in [0.25, 0.3) is 0 Å². The fourth-order valence-corrected chi connectivity index (χ4v) is 5.78. The first-order chi connectivity index (χ1) is 19.5. The third kappa shape index (κ3) is 14.5. The van der Waals surface area contributed by atoms with Gasteiger partial charge in [0, 0.05) is 52.0 Å². The molecule has 9 heteroatoms. The van der Waals surface area contributed by atoms with Crippen LogP contribution in [0.4, 0.5) is 0 Å². The Hall–Kier alpha value is -1.36. The van der Waals surface area contributed by atoms with Crippen LogP contribution in [0.25, 0.3) is 0 Å². The predicted molar refractivity (Wildman–Crippen MR) is 173 cm³/mol. The number of aliphatic hydroxyl groups is 1. The number of unbranched alkanes of at least 4 members (excludes halogenated alkanes) is 1. The van der Waals surface area contributed by atoms with Crippen molar-refractivity contribution in [3.8, 4) is 0 Å². The lowest BCUT2D eigenvalue weighted by molar-refractivity contribution is 0.123. The fourth-order valence-electron chi connectivity index (χ4n) is 5.36. The number of likely N-dealkylation sites (tertiary alicyclic amines) is 1. The van der Waals surface area contributed by atoms with Crippen LogP contribution in [-0.4, -0.2) is 110 Å². The summed E-state index contributed by atoms with van der Waals surface area (Å²) in [5.74, 6) is 2.19. The fraction of sp³-hybridized carbons (Fsp3) is 0.774. The molecule has 0 aromatic heterocycles. The zero-order valence-corrected chi connectivity index (χ0v) is 26.4. The van der Waals surface area contributed by atoms with Crippen molar-refractivity contribution in [1.82, 2.24) is 14.7 Å². The molecule has 0 bridgehead atoms. The summed E-state index contributed by atoms with van der Waals surface area (Å²) in [5.41, 5.74) is 15.2. The Labute approximate surface area is 248 Å². The molecule has 2 fully saturated rings. The van der Waals surface area contributed by atoms with Gasteiger partial charge in [-0.25, -0.2) is 0 Å². The maximum Gasteiger partial charge on any atom is 0.154 e. The van der Waals surface area contributed by atoms with Crippen LogP contribution in [0.3, 0.4) is 0 Å². The van der Waals surface area contributed by atoms with Crippen molar-refractivity contribution < 1.29 is 9.84 Å². The van der Waals surface area contributed by atoms with Crippen LogP contribution in [0.2, 0.25) is 0 Å². The van der Waals surface area contributed by atoms with E-state index in [9.17, 15) is 5.11 Å². The Balaban J connectivity index is 1.84. The topological polar surface area (TPSA) is 104 Å². The molecule has 2 aliphatic rings. The second kappa shape index (κ2) is 21.4. The lowest BCUT2D eigenvalue weighted by Crippen LogP contribution is -2.46. The maximum atomic E-state index is 9.50. The number of piperidine rings is 1. The molecule has 1 unspecified atom stereocenters. The summed E-state index contributed by atoms with van der Waals surface area (Å²) >= 11 is 1.92. The molecule has 0 aromatic carbocycles. The number of piperazine rings is 1. The highest BCUT2D eigenvalue weighted by Gasteiger charge is 2.20. The van der Waals surface area contributed by atoms with Gasteiger partial charge in [-0.2, -0.15) is 11.8 Å². The molecule has 2 heterocycles. The monoisotopic (exact) mass is 578 g/mol. The number of hydrogen-bond donors (Lipinski definition) is 3. The van der Waals surface area contributed by atoms with Gasteiger partial charge in [-0.3, -0.25) is 20.5 Å². The molecule has 0 saturated carbocycles. The Morgan fingerprint density at radius 1 is 1.00 bits per heavy atom. The highest BCUT2D eigenvalue weighted by atomic mass is 32.2. The maximum absolute atomic E-state index is 9.50. The second-order valence-electron chi connectivity index (χ2n) is 11.1. The number of hydrogen-bond acceptors (Lipinski definition) is 9. The predicted octanol–water partition coefficient (Wildman–Crippen LogP) is 4.03. The standard InChI is InChI=1S/C31H58N6O2S/c1-4-27(5-2)9-6-7-10-29(24-36-14-11-28(25-38)12-15-36)21-31(33)39-30(22-32)23-34-26-37-18-16-35(17-19-37)13-8-20-40-3/h9-10,22-23,28,31,38H,4-8,11-21,24-26,32-33H2,1-3H3/b29-10+,30-22+,34-23-. The minimum absolute atomic E-state index is 0.295. The second-order valence-corrected chi connectivity index (χ2v) is 12.1. The third-order valence-corrected chi connectivity index (χ3v) is 8.73. The number of allylic oxidation sites excluding steroid dienone is 4. The minimum atomic E-state index is -0.482. The quantitative estimate of drug-likeness (QED) is 0.0694.